The van der Waals surface area contributed by atoms with Crippen molar-refractivity contribution < 1.29 is 5.11 Å². The SMILES string of the molecule is C=N/C=C(C)\C=C/CCC(CO)CCNC. The third-order valence-corrected chi connectivity index (χ3v) is 2.48. The van der Waals surface area contributed by atoms with E-state index in [1.165, 1.54) is 0 Å². The molecule has 0 amide bonds. The van der Waals surface area contributed by atoms with Crippen molar-refractivity contribution in [3.05, 3.63) is 23.9 Å². The number of hydrogen-bond donors (Lipinski definition) is 2. The van der Waals surface area contributed by atoms with E-state index in [1.54, 1.807) is 6.20 Å². The molecule has 0 fully saturated rings. The van der Waals surface area contributed by atoms with Crippen molar-refractivity contribution in [3.63, 3.8) is 0 Å². The summed E-state index contributed by atoms with van der Waals surface area (Å²) in [5.41, 5.74) is 1.10. The zero-order valence-electron chi connectivity index (χ0n) is 10.4. The Morgan fingerprint density at radius 3 is 2.81 bits per heavy atom. The van der Waals surface area contributed by atoms with Crippen LogP contribution >= 0.6 is 0 Å². The third-order valence-electron chi connectivity index (χ3n) is 2.48. The van der Waals surface area contributed by atoms with Gasteiger partial charge in [0.2, 0.25) is 0 Å². The van der Waals surface area contributed by atoms with Crippen molar-refractivity contribution in [1.29, 1.82) is 0 Å². The van der Waals surface area contributed by atoms with E-state index in [9.17, 15) is 0 Å². The van der Waals surface area contributed by atoms with Crippen molar-refractivity contribution in [2.45, 2.75) is 26.2 Å². The number of nitrogens with zero attached hydrogens (tertiary/aromatic N) is 1. The van der Waals surface area contributed by atoms with Gasteiger partial charge in [-0.05, 0) is 58.0 Å². The van der Waals surface area contributed by atoms with Crippen molar-refractivity contribution in [1.82, 2.24) is 5.32 Å². The predicted molar refractivity (Wildman–Crippen MR) is 70.8 cm³/mol. The maximum atomic E-state index is 9.16. The molecule has 0 radical (unpaired) electrons. The minimum absolute atomic E-state index is 0.276. The molecule has 0 heterocycles. The molecular weight excluding hydrogens is 200 g/mol. The monoisotopic (exact) mass is 224 g/mol. The zero-order valence-corrected chi connectivity index (χ0v) is 10.4. The number of allylic oxidation sites excluding steroid dienone is 3. The van der Waals surface area contributed by atoms with Gasteiger partial charge in [0.1, 0.15) is 0 Å². The number of hydrogen-bond acceptors (Lipinski definition) is 3. The van der Waals surface area contributed by atoms with Crippen LogP contribution in [-0.2, 0) is 0 Å². The topological polar surface area (TPSA) is 44.6 Å². The van der Waals surface area contributed by atoms with Gasteiger partial charge in [-0.15, -0.1) is 0 Å². The second kappa shape index (κ2) is 10.6. The predicted octanol–water partition coefficient (Wildman–Crippen LogP) is 2.15. The average Bonchev–Trinajstić information content (AvgIpc) is 2.28. The van der Waals surface area contributed by atoms with Crippen LogP contribution in [0, 0.1) is 5.92 Å². The third kappa shape index (κ3) is 8.38. The van der Waals surface area contributed by atoms with Gasteiger partial charge >= 0.3 is 0 Å². The fraction of sp³-hybridized carbons (Fsp3) is 0.615. The Hall–Kier alpha value is -0.930. The molecule has 0 saturated carbocycles. The van der Waals surface area contributed by atoms with Crippen LogP contribution in [0.4, 0.5) is 0 Å². The molecule has 0 spiro atoms. The molecule has 0 saturated heterocycles. The van der Waals surface area contributed by atoms with Crippen LogP contribution in [0.1, 0.15) is 26.2 Å². The Kier molecular flexibility index (Phi) is 9.97. The number of nitrogens with one attached hydrogen (secondary N) is 1. The fourth-order valence-electron chi connectivity index (χ4n) is 1.46. The van der Waals surface area contributed by atoms with E-state index in [4.69, 9.17) is 5.11 Å². The van der Waals surface area contributed by atoms with Gasteiger partial charge in [-0.1, -0.05) is 12.2 Å². The summed E-state index contributed by atoms with van der Waals surface area (Å²) in [6, 6.07) is 0. The average molecular weight is 224 g/mol. The van der Waals surface area contributed by atoms with Gasteiger partial charge in [0, 0.05) is 12.8 Å². The van der Waals surface area contributed by atoms with Crippen LogP contribution in [0.2, 0.25) is 0 Å². The van der Waals surface area contributed by atoms with Crippen molar-refractivity contribution in [3.8, 4) is 0 Å². The molecule has 0 rings (SSSR count). The van der Waals surface area contributed by atoms with Crippen LogP contribution in [0.3, 0.4) is 0 Å². The van der Waals surface area contributed by atoms with Crippen molar-refractivity contribution in [2.24, 2.45) is 10.9 Å². The van der Waals surface area contributed by atoms with Crippen LogP contribution in [0.15, 0.2) is 28.9 Å². The molecule has 1 unspecified atom stereocenters. The van der Waals surface area contributed by atoms with Gasteiger partial charge in [-0.2, -0.15) is 0 Å². The lowest BCUT2D eigenvalue weighted by molar-refractivity contribution is 0.211. The summed E-state index contributed by atoms with van der Waals surface area (Å²) in [6.07, 6.45) is 8.96. The molecule has 3 heteroatoms. The summed E-state index contributed by atoms with van der Waals surface area (Å²) >= 11 is 0. The van der Waals surface area contributed by atoms with E-state index < -0.39 is 0 Å². The first-order chi connectivity index (χ1) is 7.74. The van der Waals surface area contributed by atoms with E-state index in [-0.39, 0.29) is 6.61 Å². The van der Waals surface area contributed by atoms with E-state index in [0.717, 1.165) is 31.4 Å². The largest absolute Gasteiger partial charge is 0.396 e. The highest BCUT2D eigenvalue weighted by Gasteiger charge is 2.04. The summed E-state index contributed by atoms with van der Waals surface area (Å²) < 4.78 is 0. The quantitative estimate of drug-likeness (QED) is 0.465. The van der Waals surface area contributed by atoms with Gasteiger partial charge in [0.25, 0.3) is 0 Å². The van der Waals surface area contributed by atoms with E-state index in [0.29, 0.717) is 5.92 Å². The molecule has 0 aliphatic heterocycles. The van der Waals surface area contributed by atoms with Gasteiger partial charge in [-0.3, -0.25) is 4.99 Å². The normalized spacial score (nSPS) is 14.3. The minimum Gasteiger partial charge on any atom is -0.396 e. The second-order valence-corrected chi connectivity index (χ2v) is 3.98. The summed E-state index contributed by atoms with van der Waals surface area (Å²) in [4.78, 5) is 3.69. The first-order valence-corrected chi connectivity index (χ1v) is 5.79. The second-order valence-electron chi connectivity index (χ2n) is 3.98. The van der Waals surface area contributed by atoms with E-state index in [2.05, 4.69) is 23.1 Å². The van der Waals surface area contributed by atoms with Crippen molar-refractivity contribution >= 4 is 6.72 Å². The van der Waals surface area contributed by atoms with Gasteiger partial charge in [0.15, 0.2) is 0 Å². The highest BCUT2D eigenvalue weighted by molar-refractivity contribution is 5.28. The lowest BCUT2D eigenvalue weighted by atomic mass is 10.00. The summed E-state index contributed by atoms with van der Waals surface area (Å²) in [7, 11) is 1.94. The molecule has 0 aromatic heterocycles. The summed E-state index contributed by atoms with van der Waals surface area (Å²) in [5, 5.41) is 12.3. The highest BCUT2D eigenvalue weighted by Crippen LogP contribution is 2.10. The Bertz CT molecular complexity index is 234. The molecule has 2 N–H and O–H groups in total. The van der Waals surface area contributed by atoms with Crippen LogP contribution in [-0.4, -0.2) is 32.0 Å². The summed E-state index contributed by atoms with van der Waals surface area (Å²) in [5.74, 6) is 0.402. The molecule has 0 aliphatic carbocycles. The number of aliphatic imine (C=N–C) groups is 1. The van der Waals surface area contributed by atoms with E-state index >= 15 is 0 Å². The minimum atomic E-state index is 0.276. The molecule has 0 aliphatic rings. The molecule has 0 aromatic carbocycles. The van der Waals surface area contributed by atoms with Crippen LogP contribution in [0.25, 0.3) is 0 Å². The van der Waals surface area contributed by atoms with Crippen LogP contribution in [0.5, 0.6) is 0 Å². The molecule has 0 aromatic rings. The number of rotatable bonds is 9. The standard InChI is InChI=1S/C13H24N2O/c1-12(10-15-3)6-4-5-7-13(11-16)8-9-14-2/h4,6,10,13-14,16H,3,5,7-9,11H2,1-2H3/b6-4-,12-10-. The maximum absolute atomic E-state index is 9.16. The Balaban J connectivity index is 3.76. The van der Waals surface area contributed by atoms with Crippen molar-refractivity contribution in [2.75, 3.05) is 20.2 Å². The first kappa shape index (κ1) is 15.1. The fourth-order valence-corrected chi connectivity index (χ4v) is 1.46. The molecule has 0 bridgehead atoms. The molecule has 92 valence electrons. The molecule has 3 nitrogen and oxygen atoms in total. The Morgan fingerprint density at radius 2 is 2.25 bits per heavy atom. The number of aliphatic hydroxyl groups is 1. The summed E-state index contributed by atoms with van der Waals surface area (Å²) in [6.45, 7) is 6.64. The van der Waals surface area contributed by atoms with E-state index in [1.807, 2.05) is 20.0 Å². The molecule has 16 heavy (non-hydrogen) atoms. The lowest BCUT2D eigenvalue weighted by Gasteiger charge is -2.11. The zero-order chi connectivity index (χ0) is 12.2. The van der Waals surface area contributed by atoms with Gasteiger partial charge in [-0.25, -0.2) is 0 Å². The van der Waals surface area contributed by atoms with Crippen LogP contribution < -0.4 is 5.32 Å². The highest BCUT2D eigenvalue weighted by atomic mass is 16.3. The molecule has 1 atom stereocenters. The Labute approximate surface area is 99.0 Å². The van der Waals surface area contributed by atoms with Gasteiger partial charge in [0.05, 0.1) is 0 Å². The Morgan fingerprint density at radius 1 is 1.50 bits per heavy atom. The smallest absolute Gasteiger partial charge is 0.0459 e. The lowest BCUT2D eigenvalue weighted by Crippen LogP contribution is -2.15. The molecular formula is C13H24N2O. The van der Waals surface area contributed by atoms with Gasteiger partial charge < -0.3 is 10.4 Å². The first-order valence-electron chi connectivity index (χ1n) is 5.79. The number of aliphatic hydroxyl groups excluding tert-OH is 1. The maximum Gasteiger partial charge on any atom is 0.0459 e.